The van der Waals surface area contributed by atoms with E-state index < -0.39 is 5.41 Å². The lowest BCUT2D eigenvalue weighted by Gasteiger charge is -2.43. The van der Waals surface area contributed by atoms with Crippen LogP contribution in [0.15, 0.2) is 36.9 Å². The van der Waals surface area contributed by atoms with E-state index in [1.54, 1.807) is 13.2 Å². The van der Waals surface area contributed by atoms with Crippen LogP contribution in [0.4, 0.5) is 0 Å². The van der Waals surface area contributed by atoms with Crippen LogP contribution in [0.2, 0.25) is 0 Å². The highest BCUT2D eigenvalue weighted by atomic mass is 16.5. The molecule has 6 nitrogen and oxygen atoms in total. The summed E-state index contributed by atoms with van der Waals surface area (Å²) in [6.45, 7) is 4.14. The van der Waals surface area contributed by atoms with Gasteiger partial charge in [0, 0.05) is 0 Å². The van der Waals surface area contributed by atoms with Crippen LogP contribution >= 0.6 is 0 Å². The summed E-state index contributed by atoms with van der Waals surface area (Å²) in [6.07, 6.45) is 3.19. The van der Waals surface area contributed by atoms with E-state index in [2.05, 4.69) is 6.58 Å². The van der Waals surface area contributed by atoms with Crippen molar-refractivity contribution in [1.29, 1.82) is 0 Å². The Hall–Kier alpha value is -2.34. The molecule has 0 amide bonds. The maximum atomic E-state index is 12.7. The largest absolute Gasteiger partial charge is 0.497 e. The van der Waals surface area contributed by atoms with Gasteiger partial charge in [0.25, 0.3) is 0 Å². The highest BCUT2D eigenvalue weighted by Crippen LogP contribution is 2.46. The topological polar surface area (TPSA) is 71.1 Å². The van der Waals surface area contributed by atoms with Gasteiger partial charge in [-0.2, -0.15) is 0 Å². The van der Waals surface area contributed by atoms with E-state index in [0.29, 0.717) is 32.3 Å². The third-order valence-electron chi connectivity index (χ3n) is 5.25. The molecule has 2 rings (SSSR count). The van der Waals surface area contributed by atoms with Gasteiger partial charge < -0.3 is 18.9 Å². The zero-order chi connectivity index (χ0) is 19.9. The number of allylic oxidation sites excluding steroid dienone is 1. The SMILES string of the molecule is C=CCC1(C(=O)OC)CC(C(=O)OC)CCC1OCc1ccc(OC)cc1. The molecule has 1 aromatic carbocycles. The summed E-state index contributed by atoms with van der Waals surface area (Å²) in [5.41, 5.74) is 0.0309. The predicted molar refractivity (Wildman–Crippen MR) is 100 cm³/mol. The van der Waals surface area contributed by atoms with E-state index in [0.717, 1.165) is 11.3 Å². The van der Waals surface area contributed by atoms with Crippen molar-refractivity contribution in [1.82, 2.24) is 0 Å². The van der Waals surface area contributed by atoms with Crippen molar-refractivity contribution in [2.45, 2.75) is 38.4 Å². The van der Waals surface area contributed by atoms with Crippen LogP contribution in [0.3, 0.4) is 0 Å². The average Bonchev–Trinajstić information content (AvgIpc) is 2.71. The normalized spacial score (nSPS) is 24.7. The molecule has 0 bridgehead atoms. The first-order valence-corrected chi connectivity index (χ1v) is 9.02. The molecule has 1 aliphatic rings. The molecule has 0 saturated heterocycles. The third-order valence-corrected chi connectivity index (χ3v) is 5.25. The van der Waals surface area contributed by atoms with Gasteiger partial charge in [-0.05, 0) is 43.4 Å². The number of carbonyl (C=O) groups excluding carboxylic acids is 2. The molecular weight excluding hydrogens is 348 g/mol. The summed E-state index contributed by atoms with van der Waals surface area (Å²) in [6, 6.07) is 7.58. The average molecular weight is 376 g/mol. The fourth-order valence-corrected chi connectivity index (χ4v) is 3.81. The molecule has 148 valence electrons. The fraction of sp³-hybridized carbons (Fsp3) is 0.524. The number of esters is 2. The Labute approximate surface area is 160 Å². The van der Waals surface area contributed by atoms with Crippen LogP contribution in [0, 0.1) is 11.3 Å². The van der Waals surface area contributed by atoms with Crippen LogP contribution < -0.4 is 4.74 Å². The van der Waals surface area contributed by atoms with Crippen molar-refractivity contribution < 1.29 is 28.5 Å². The standard InChI is InChI=1S/C21H28O6/c1-5-12-21(20(23)26-4)13-16(19(22)25-3)8-11-18(21)27-14-15-6-9-17(24-2)10-7-15/h5-7,9-10,16,18H,1,8,11-14H2,2-4H3. The van der Waals surface area contributed by atoms with E-state index in [4.69, 9.17) is 18.9 Å². The fourth-order valence-electron chi connectivity index (χ4n) is 3.81. The van der Waals surface area contributed by atoms with Crippen LogP contribution in [0.5, 0.6) is 5.75 Å². The van der Waals surface area contributed by atoms with Gasteiger partial charge in [-0.15, -0.1) is 6.58 Å². The first kappa shape index (κ1) is 21.0. The lowest BCUT2D eigenvalue weighted by atomic mass is 9.65. The van der Waals surface area contributed by atoms with Gasteiger partial charge in [0.15, 0.2) is 0 Å². The first-order chi connectivity index (χ1) is 13.0. The van der Waals surface area contributed by atoms with Crippen LogP contribution in [-0.2, 0) is 30.4 Å². The third kappa shape index (κ3) is 4.69. The maximum absolute atomic E-state index is 12.7. The second kappa shape index (κ2) is 9.55. The predicted octanol–water partition coefficient (Wildman–Crippen LogP) is 3.29. The molecule has 6 heteroatoms. The smallest absolute Gasteiger partial charge is 0.314 e. The lowest BCUT2D eigenvalue weighted by Crippen LogP contribution is -2.50. The second-order valence-electron chi connectivity index (χ2n) is 6.79. The Morgan fingerprint density at radius 2 is 1.85 bits per heavy atom. The molecule has 0 spiro atoms. The summed E-state index contributed by atoms with van der Waals surface area (Å²) >= 11 is 0. The van der Waals surface area contributed by atoms with E-state index in [1.165, 1.54) is 14.2 Å². The van der Waals surface area contributed by atoms with Gasteiger partial charge >= 0.3 is 11.9 Å². The molecule has 3 atom stereocenters. The zero-order valence-electron chi connectivity index (χ0n) is 16.2. The van der Waals surface area contributed by atoms with Crippen molar-refractivity contribution in [3.63, 3.8) is 0 Å². The summed E-state index contributed by atoms with van der Waals surface area (Å²) in [5, 5.41) is 0. The minimum absolute atomic E-state index is 0.305. The summed E-state index contributed by atoms with van der Waals surface area (Å²) in [7, 11) is 4.34. The monoisotopic (exact) mass is 376 g/mol. The molecule has 0 aromatic heterocycles. The van der Waals surface area contributed by atoms with Crippen LogP contribution in [0.1, 0.15) is 31.2 Å². The maximum Gasteiger partial charge on any atom is 0.314 e. The first-order valence-electron chi connectivity index (χ1n) is 9.02. The van der Waals surface area contributed by atoms with Gasteiger partial charge in [0.05, 0.1) is 45.4 Å². The van der Waals surface area contributed by atoms with Gasteiger partial charge in [-0.3, -0.25) is 9.59 Å². The Morgan fingerprint density at radius 1 is 1.15 bits per heavy atom. The number of hydrogen-bond donors (Lipinski definition) is 0. The summed E-state index contributed by atoms with van der Waals surface area (Å²) < 4.78 is 21.3. The Bertz CT molecular complexity index is 653. The zero-order valence-corrected chi connectivity index (χ0v) is 16.2. The molecule has 0 radical (unpaired) electrons. The Kier molecular flexibility index (Phi) is 7.42. The van der Waals surface area contributed by atoms with Crippen molar-refractivity contribution >= 4 is 11.9 Å². The molecule has 1 aliphatic carbocycles. The molecule has 1 aromatic rings. The van der Waals surface area contributed by atoms with E-state index in [9.17, 15) is 9.59 Å². The van der Waals surface area contributed by atoms with Gasteiger partial charge in [-0.25, -0.2) is 0 Å². The van der Waals surface area contributed by atoms with E-state index >= 15 is 0 Å². The minimum atomic E-state index is -0.944. The number of ether oxygens (including phenoxy) is 4. The van der Waals surface area contributed by atoms with E-state index in [1.807, 2.05) is 24.3 Å². The summed E-state index contributed by atoms with van der Waals surface area (Å²) in [5.74, 6) is -0.264. The number of carbonyl (C=O) groups is 2. The van der Waals surface area contributed by atoms with Crippen molar-refractivity contribution in [3.8, 4) is 5.75 Å². The minimum Gasteiger partial charge on any atom is -0.497 e. The molecule has 1 fully saturated rings. The van der Waals surface area contributed by atoms with Crippen LogP contribution in [0.25, 0.3) is 0 Å². The van der Waals surface area contributed by atoms with Gasteiger partial charge in [0.2, 0.25) is 0 Å². The van der Waals surface area contributed by atoms with Crippen molar-refractivity contribution in [2.24, 2.45) is 11.3 Å². The van der Waals surface area contributed by atoms with Gasteiger partial charge in [-0.1, -0.05) is 18.2 Å². The summed E-state index contributed by atoms with van der Waals surface area (Å²) in [4.78, 5) is 24.8. The Morgan fingerprint density at radius 3 is 2.41 bits per heavy atom. The number of benzene rings is 1. The molecule has 3 unspecified atom stereocenters. The number of hydrogen-bond acceptors (Lipinski definition) is 6. The van der Waals surface area contributed by atoms with E-state index in [-0.39, 0.29) is 24.0 Å². The Balaban J connectivity index is 2.20. The van der Waals surface area contributed by atoms with Crippen molar-refractivity contribution in [3.05, 3.63) is 42.5 Å². The van der Waals surface area contributed by atoms with Gasteiger partial charge in [0.1, 0.15) is 5.75 Å². The lowest BCUT2D eigenvalue weighted by molar-refractivity contribution is -0.175. The number of methoxy groups -OCH3 is 3. The highest BCUT2D eigenvalue weighted by Gasteiger charge is 2.52. The molecule has 0 aliphatic heterocycles. The molecular formula is C21H28O6. The molecule has 0 N–H and O–H groups in total. The quantitative estimate of drug-likeness (QED) is 0.512. The molecule has 27 heavy (non-hydrogen) atoms. The van der Waals surface area contributed by atoms with Crippen LogP contribution in [-0.4, -0.2) is 39.4 Å². The molecule has 0 heterocycles. The second-order valence-corrected chi connectivity index (χ2v) is 6.79. The molecule has 1 saturated carbocycles. The van der Waals surface area contributed by atoms with Crippen molar-refractivity contribution in [2.75, 3.05) is 21.3 Å². The highest BCUT2D eigenvalue weighted by molar-refractivity contribution is 5.80. The number of rotatable bonds is 8.